The summed E-state index contributed by atoms with van der Waals surface area (Å²) < 4.78 is 31.9. The van der Waals surface area contributed by atoms with Crippen molar-refractivity contribution in [1.29, 1.82) is 0 Å². The summed E-state index contributed by atoms with van der Waals surface area (Å²) in [6.45, 7) is 5.95. The fraction of sp³-hybridized carbons (Fsp3) is 0.571. The number of benzene rings is 1. The van der Waals surface area contributed by atoms with Crippen LogP contribution in [0.3, 0.4) is 0 Å². The molecule has 0 fully saturated rings. The molecule has 0 saturated carbocycles. The molecule has 0 aliphatic rings. The summed E-state index contributed by atoms with van der Waals surface area (Å²) in [7, 11) is -3.61. The predicted molar refractivity (Wildman–Crippen MR) is 78.3 cm³/mol. The van der Waals surface area contributed by atoms with Gasteiger partial charge in [0, 0.05) is 6.54 Å². The first-order valence-electron chi connectivity index (χ1n) is 6.75. The van der Waals surface area contributed by atoms with E-state index >= 15 is 0 Å². The Morgan fingerprint density at radius 3 is 2.35 bits per heavy atom. The van der Waals surface area contributed by atoms with Gasteiger partial charge in [-0.05, 0) is 44.5 Å². The second-order valence-electron chi connectivity index (χ2n) is 4.98. The SMILES string of the molecule is CCCC(C)(O)CNS(=O)(=O)c1ccc(OCC)cc1. The summed E-state index contributed by atoms with van der Waals surface area (Å²) >= 11 is 0. The molecule has 0 bridgehead atoms. The van der Waals surface area contributed by atoms with Crippen molar-refractivity contribution >= 4 is 10.0 Å². The maximum Gasteiger partial charge on any atom is 0.240 e. The minimum Gasteiger partial charge on any atom is -0.494 e. The molecular formula is C14H23NO4S. The Labute approximate surface area is 121 Å². The fourth-order valence-electron chi connectivity index (χ4n) is 1.84. The Kier molecular flexibility index (Phi) is 5.98. The van der Waals surface area contributed by atoms with Crippen LogP contribution in [0.4, 0.5) is 0 Å². The average Bonchev–Trinajstić information content (AvgIpc) is 2.38. The summed E-state index contributed by atoms with van der Waals surface area (Å²) in [5.41, 5.74) is -1.03. The van der Waals surface area contributed by atoms with Crippen LogP contribution >= 0.6 is 0 Å². The fourth-order valence-corrected chi connectivity index (χ4v) is 3.00. The second kappa shape index (κ2) is 7.06. The van der Waals surface area contributed by atoms with Crippen LogP contribution in [0.1, 0.15) is 33.6 Å². The molecule has 1 aromatic rings. The number of rotatable bonds is 8. The topological polar surface area (TPSA) is 75.6 Å². The number of nitrogens with one attached hydrogen (secondary N) is 1. The van der Waals surface area contributed by atoms with Gasteiger partial charge in [-0.2, -0.15) is 0 Å². The molecule has 0 spiro atoms. The first-order chi connectivity index (χ1) is 9.30. The molecule has 1 aromatic carbocycles. The number of ether oxygens (including phenoxy) is 1. The van der Waals surface area contributed by atoms with Gasteiger partial charge in [0.2, 0.25) is 10.0 Å². The van der Waals surface area contributed by atoms with Gasteiger partial charge in [0.1, 0.15) is 5.75 Å². The van der Waals surface area contributed by atoms with Crippen molar-refractivity contribution in [1.82, 2.24) is 4.72 Å². The van der Waals surface area contributed by atoms with Crippen molar-refractivity contribution in [3.63, 3.8) is 0 Å². The molecule has 0 saturated heterocycles. The van der Waals surface area contributed by atoms with Crippen LogP contribution in [-0.2, 0) is 10.0 Å². The molecule has 0 aromatic heterocycles. The molecule has 0 radical (unpaired) electrons. The zero-order valence-electron chi connectivity index (χ0n) is 12.2. The molecular weight excluding hydrogens is 278 g/mol. The van der Waals surface area contributed by atoms with Crippen molar-refractivity contribution < 1.29 is 18.3 Å². The largest absolute Gasteiger partial charge is 0.494 e. The van der Waals surface area contributed by atoms with Gasteiger partial charge in [-0.25, -0.2) is 13.1 Å². The van der Waals surface area contributed by atoms with E-state index in [1.807, 2.05) is 13.8 Å². The smallest absolute Gasteiger partial charge is 0.240 e. The van der Waals surface area contributed by atoms with E-state index in [0.717, 1.165) is 6.42 Å². The molecule has 0 aliphatic heterocycles. The van der Waals surface area contributed by atoms with E-state index in [4.69, 9.17) is 4.74 Å². The number of hydrogen-bond acceptors (Lipinski definition) is 4. The zero-order valence-corrected chi connectivity index (χ0v) is 13.0. The standard InChI is InChI=1S/C14H23NO4S/c1-4-10-14(3,16)11-15-20(17,18)13-8-6-12(7-9-13)19-5-2/h6-9,15-16H,4-5,10-11H2,1-3H3. The Bertz CT molecular complexity index is 508. The van der Waals surface area contributed by atoms with E-state index in [9.17, 15) is 13.5 Å². The second-order valence-corrected chi connectivity index (χ2v) is 6.74. The Morgan fingerprint density at radius 1 is 1.25 bits per heavy atom. The van der Waals surface area contributed by atoms with Crippen molar-refractivity contribution in [3.05, 3.63) is 24.3 Å². The highest BCUT2D eigenvalue weighted by atomic mass is 32.2. The third-order valence-electron chi connectivity index (χ3n) is 2.88. The van der Waals surface area contributed by atoms with E-state index in [0.29, 0.717) is 18.8 Å². The lowest BCUT2D eigenvalue weighted by Crippen LogP contribution is -2.40. The summed E-state index contributed by atoms with van der Waals surface area (Å²) in [6, 6.07) is 6.20. The highest BCUT2D eigenvalue weighted by Gasteiger charge is 2.23. The zero-order chi connectivity index (χ0) is 15.2. The van der Waals surface area contributed by atoms with Crippen molar-refractivity contribution in [2.45, 2.75) is 44.1 Å². The van der Waals surface area contributed by atoms with Gasteiger partial charge >= 0.3 is 0 Å². The summed E-state index contributed by atoms with van der Waals surface area (Å²) in [5.74, 6) is 0.629. The van der Waals surface area contributed by atoms with E-state index in [1.54, 1.807) is 19.1 Å². The Morgan fingerprint density at radius 2 is 1.85 bits per heavy atom. The predicted octanol–water partition coefficient (Wildman–Crippen LogP) is 1.91. The maximum atomic E-state index is 12.1. The monoisotopic (exact) mass is 301 g/mol. The van der Waals surface area contributed by atoms with Gasteiger partial charge in [-0.3, -0.25) is 0 Å². The van der Waals surface area contributed by atoms with E-state index in [2.05, 4.69) is 4.72 Å². The van der Waals surface area contributed by atoms with E-state index in [-0.39, 0.29) is 11.4 Å². The molecule has 0 amide bonds. The summed E-state index contributed by atoms with van der Waals surface area (Å²) in [5, 5.41) is 9.99. The minimum absolute atomic E-state index is 0.00359. The van der Waals surface area contributed by atoms with Crippen LogP contribution in [0.15, 0.2) is 29.2 Å². The highest BCUT2D eigenvalue weighted by molar-refractivity contribution is 7.89. The third kappa shape index (κ3) is 5.11. The molecule has 20 heavy (non-hydrogen) atoms. The van der Waals surface area contributed by atoms with Crippen LogP contribution in [0.2, 0.25) is 0 Å². The van der Waals surface area contributed by atoms with Crippen LogP contribution in [0.25, 0.3) is 0 Å². The minimum atomic E-state index is -3.61. The normalized spacial score (nSPS) is 14.8. The van der Waals surface area contributed by atoms with Gasteiger partial charge in [-0.15, -0.1) is 0 Å². The third-order valence-corrected chi connectivity index (χ3v) is 4.29. The first-order valence-corrected chi connectivity index (χ1v) is 8.24. The number of hydrogen-bond donors (Lipinski definition) is 2. The van der Waals surface area contributed by atoms with Crippen molar-refractivity contribution in [3.8, 4) is 5.75 Å². The van der Waals surface area contributed by atoms with Gasteiger partial charge in [0.25, 0.3) is 0 Å². The Hall–Kier alpha value is -1.11. The molecule has 0 aliphatic carbocycles. The van der Waals surface area contributed by atoms with Gasteiger partial charge in [0.15, 0.2) is 0 Å². The van der Waals surface area contributed by atoms with Crippen LogP contribution < -0.4 is 9.46 Å². The first kappa shape index (κ1) is 16.9. The Balaban J connectivity index is 2.73. The quantitative estimate of drug-likeness (QED) is 0.769. The molecule has 114 valence electrons. The molecule has 0 heterocycles. The molecule has 6 heteroatoms. The molecule has 5 nitrogen and oxygen atoms in total. The van der Waals surface area contributed by atoms with Crippen molar-refractivity contribution in [2.24, 2.45) is 0 Å². The lowest BCUT2D eigenvalue weighted by molar-refractivity contribution is 0.0554. The lowest BCUT2D eigenvalue weighted by atomic mass is 10.0. The van der Waals surface area contributed by atoms with Gasteiger partial charge in [0.05, 0.1) is 17.1 Å². The lowest BCUT2D eigenvalue weighted by Gasteiger charge is -2.22. The number of aliphatic hydroxyl groups is 1. The van der Waals surface area contributed by atoms with E-state index < -0.39 is 15.6 Å². The van der Waals surface area contributed by atoms with Crippen LogP contribution in [-0.4, -0.2) is 32.3 Å². The molecule has 1 rings (SSSR count). The van der Waals surface area contributed by atoms with Gasteiger partial charge in [-0.1, -0.05) is 13.3 Å². The number of sulfonamides is 1. The summed E-state index contributed by atoms with van der Waals surface area (Å²) in [4.78, 5) is 0.160. The summed E-state index contributed by atoms with van der Waals surface area (Å²) in [6.07, 6.45) is 1.33. The maximum absolute atomic E-state index is 12.1. The average molecular weight is 301 g/mol. The van der Waals surface area contributed by atoms with Crippen LogP contribution in [0, 0.1) is 0 Å². The van der Waals surface area contributed by atoms with Gasteiger partial charge < -0.3 is 9.84 Å². The molecule has 1 unspecified atom stereocenters. The highest BCUT2D eigenvalue weighted by Crippen LogP contribution is 2.17. The molecule has 2 N–H and O–H groups in total. The van der Waals surface area contributed by atoms with Crippen LogP contribution in [0.5, 0.6) is 5.75 Å². The molecule has 1 atom stereocenters. The van der Waals surface area contributed by atoms with E-state index in [1.165, 1.54) is 12.1 Å². The van der Waals surface area contributed by atoms with Crippen molar-refractivity contribution in [2.75, 3.05) is 13.2 Å².